The molecule has 0 aliphatic carbocycles. The van der Waals surface area contributed by atoms with E-state index in [4.69, 9.17) is 4.74 Å². The van der Waals surface area contributed by atoms with Crippen LogP contribution < -0.4 is 9.57 Å². The Morgan fingerprint density at radius 2 is 1.73 bits per heavy atom. The van der Waals surface area contributed by atoms with E-state index in [1.807, 2.05) is 6.92 Å². The predicted octanol–water partition coefficient (Wildman–Crippen LogP) is 2.57. The number of rotatable bonds is 6. The van der Waals surface area contributed by atoms with Crippen LogP contribution in [0.5, 0.6) is 5.75 Å². The number of aryl methyl sites for hydroxylation is 1. The summed E-state index contributed by atoms with van der Waals surface area (Å²) in [5.41, 5.74) is 1.85. The summed E-state index contributed by atoms with van der Waals surface area (Å²) in [5, 5.41) is 3.78. The minimum Gasteiger partial charge on any atom is -0.497 e. The molecule has 5 nitrogen and oxygen atoms in total. The van der Waals surface area contributed by atoms with E-state index in [1.165, 1.54) is 6.21 Å². The molecule has 2 rings (SSSR count). The molecule has 6 heteroatoms. The first-order chi connectivity index (χ1) is 10.5. The van der Waals surface area contributed by atoms with Gasteiger partial charge in [-0.2, -0.15) is 13.5 Å². The second-order valence-corrected chi connectivity index (χ2v) is 6.28. The largest absolute Gasteiger partial charge is 0.497 e. The van der Waals surface area contributed by atoms with Gasteiger partial charge in [0.05, 0.1) is 18.2 Å². The molecule has 0 aliphatic heterocycles. The van der Waals surface area contributed by atoms with E-state index < -0.39 is 10.0 Å². The molecular weight excluding hydrogens is 300 g/mol. The molecule has 0 aliphatic rings. The molecule has 116 valence electrons. The van der Waals surface area contributed by atoms with Crippen molar-refractivity contribution in [3.8, 4) is 5.75 Å². The highest BCUT2D eigenvalue weighted by Gasteiger charge is 2.11. The highest BCUT2D eigenvalue weighted by atomic mass is 32.2. The second-order valence-electron chi connectivity index (χ2n) is 4.62. The van der Waals surface area contributed by atoms with Gasteiger partial charge in [0.1, 0.15) is 5.75 Å². The van der Waals surface area contributed by atoms with Crippen molar-refractivity contribution in [2.75, 3.05) is 7.11 Å². The van der Waals surface area contributed by atoms with Crippen molar-refractivity contribution >= 4 is 16.2 Å². The molecule has 0 radical (unpaired) electrons. The number of benzene rings is 2. The van der Waals surface area contributed by atoms with Crippen LogP contribution in [0.25, 0.3) is 0 Å². The summed E-state index contributed by atoms with van der Waals surface area (Å²) in [6.07, 6.45) is 2.31. The lowest BCUT2D eigenvalue weighted by atomic mass is 10.2. The molecule has 0 saturated heterocycles. The van der Waals surface area contributed by atoms with Crippen molar-refractivity contribution in [3.63, 3.8) is 0 Å². The first-order valence-electron chi connectivity index (χ1n) is 6.83. The van der Waals surface area contributed by atoms with Gasteiger partial charge < -0.3 is 4.74 Å². The Morgan fingerprint density at radius 3 is 2.27 bits per heavy atom. The van der Waals surface area contributed by atoms with Crippen molar-refractivity contribution in [1.29, 1.82) is 0 Å². The van der Waals surface area contributed by atoms with Crippen molar-refractivity contribution in [2.24, 2.45) is 5.10 Å². The lowest BCUT2D eigenvalue weighted by Crippen LogP contribution is -2.18. The van der Waals surface area contributed by atoms with Gasteiger partial charge in [0.2, 0.25) is 0 Å². The van der Waals surface area contributed by atoms with Crippen LogP contribution >= 0.6 is 0 Å². The molecule has 0 saturated carbocycles. The Hall–Kier alpha value is -2.34. The predicted molar refractivity (Wildman–Crippen MR) is 86.7 cm³/mol. The quantitative estimate of drug-likeness (QED) is 0.657. The lowest BCUT2D eigenvalue weighted by Gasteiger charge is -2.04. The number of hydrazone groups is 1. The van der Waals surface area contributed by atoms with Crippen LogP contribution in [0, 0.1) is 0 Å². The smallest absolute Gasteiger partial charge is 0.276 e. The van der Waals surface area contributed by atoms with Gasteiger partial charge in [0.25, 0.3) is 10.0 Å². The van der Waals surface area contributed by atoms with E-state index in [-0.39, 0.29) is 4.90 Å². The van der Waals surface area contributed by atoms with Crippen molar-refractivity contribution in [1.82, 2.24) is 4.83 Å². The highest BCUT2D eigenvalue weighted by Crippen LogP contribution is 2.11. The maximum absolute atomic E-state index is 12.1. The van der Waals surface area contributed by atoms with Crippen LogP contribution in [0.2, 0.25) is 0 Å². The van der Waals surface area contributed by atoms with Crippen molar-refractivity contribution in [3.05, 3.63) is 59.7 Å². The van der Waals surface area contributed by atoms with E-state index in [0.29, 0.717) is 0 Å². The van der Waals surface area contributed by atoms with E-state index in [0.717, 1.165) is 23.3 Å². The van der Waals surface area contributed by atoms with Gasteiger partial charge in [-0.25, -0.2) is 4.83 Å². The third-order valence-corrected chi connectivity index (χ3v) is 4.38. The molecule has 0 unspecified atom stereocenters. The number of ether oxygens (including phenoxy) is 1. The molecule has 0 spiro atoms. The van der Waals surface area contributed by atoms with E-state index in [1.54, 1.807) is 55.6 Å². The minimum absolute atomic E-state index is 0.191. The molecule has 0 amide bonds. The zero-order chi connectivity index (χ0) is 16.0. The molecule has 2 aromatic carbocycles. The van der Waals surface area contributed by atoms with E-state index in [9.17, 15) is 8.42 Å². The lowest BCUT2D eigenvalue weighted by molar-refractivity contribution is 0.415. The number of sulfonamides is 1. The number of hydrogen-bond donors (Lipinski definition) is 1. The second kappa shape index (κ2) is 7.09. The Balaban J connectivity index is 2.05. The Bertz CT molecular complexity index is 736. The standard InChI is InChI=1S/C16H18N2O3S/c1-3-13-6-10-16(11-7-13)22(19,20)18-17-12-14-4-8-15(21-2)9-5-14/h4-12,18H,3H2,1-2H3/b17-12+. The Morgan fingerprint density at radius 1 is 1.09 bits per heavy atom. The van der Waals surface area contributed by atoms with Crippen LogP contribution in [-0.2, 0) is 16.4 Å². The normalized spacial score (nSPS) is 11.5. The third-order valence-electron chi connectivity index (χ3n) is 3.14. The number of hydrogen-bond acceptors (Lipinski definition) is 4. The van der Waals surface area contributed by atoms with E-state index in [2.05, 4.69) is 9.93 Å². The fourth-order valence-corrected chi connectivity index (χ4v) is 2.61. The molecular formula is C16H18N2O3S. The summed E-state index contributed by atoms with van der Waals surface area (Å²) in [6, 6.07) is 13.9. The van der Waals surface area contributed by atoms with Crippen molar-refractivity contribution < 1.29 is 13.2 Å². The molecule has 0 aromatic heterocycles. The van der Waals surface area contributed by atoms with Crippen LogP contribution in [0.4, 0.5) is 0 Å². The third kappa shape index (κ3) is 4.08. The summed E-state index contributed by atoms with van der Waals surface area (Å²) in [5.74, 6) is 0.730. The Kier molecular flexibility index (Phi) is 5.16. The summed E-state index contributed by atoms with van der Waals surface area (Å²) >= 11 is 0. The molecule has 22 heavy (non-hydrogen) atoms. The maximum Gasteiger partial charge on any atom is 0.276 e. The summed E-state index contributed by atoms with van der Waals surface area (Å²) in [4.78, 5) is 2.39. The molecule has 2 aromatic rings. The highest BCUT2D eigenvalue weighted by molar-refractivity contribution is 7.89. The summed E-state index contributed by atoms with van der Waals surface area (Å²) in [7, 11) is -2.06. The van der Waals surface area contributed by atoms with Gasteiger partial charge >= 0.3 is 0 Å². The molecule has 0 bridgehead atoms. The summed E-state index contributed by atoms with van der Waals surface area (Å²) < 4.78 is 29.2. The van der Waals surface area contributed by atoms with Gasteiger partial charge in [-0.15, -0.1) is 0 Å². The van der Waals surface area contributed by atoms with Crippen LogP contribution in [0.15, 0.2) is 58.5 Å². The maximum atomic E-state index is 12.1. The fourth-order valence-electron chi connectivity index (χ4n) is 1.82. The van der Waals surface area contributed by atoms with Gasteiger partial charge in [-0.3, -0.25) is 0 Å². The molecule has 0 atom stereocenters. The zero-order valence-electron chi connectivity index (χ0n) is 12.5. The van der Waals surface area contributed by atoms with E-state index >= 15 is 0 Å². The van der Waals surface area contributed by atoms with Crippen LogP contribution in [0.1, 0.15) is 18.1 Å². The number of nitrogens with zero attached hydrogens (tertiary/aromatic N) is 1. The zero-order valence-corrected chi connectivity index (χ0v) is 13.3. The first kappa shape index (κ1) is 16.0. The average Bonchev–Trinajstić information content (AvgIpc) is 2.55. The summed E-state index contributed by atoms with van der Waals surface area (Å²) in [6.45, 7) is 2.01. The van der Waals surface area contributed by atoms with Gasteiger partial charge in [0.15, 0.2) is 0 Å². The number of nitrogens with one attached hydrogen (secondary N) is 1. The Labute approximate surface area is 130 Å². The van der Waals surface area contributed by atoms with Gasteiger partial charge in [0, 0.05) is 0 Å². The minimum atomic E-state index is -3.64. The topological polar surface area (TPSA) is 67.8 Å². The first-order valence-corrected chi connectivity index (χ1v) is 8.31. The van der Waals surface area contributed by atoms with Gasteiger partial charge in [-0.1, -0.05) is 19.1 Å². The van der Waals surface area contributed by atoms with Crippen LogP contribution in [0.3, 0.4) is 0 Å². The molecule has 0 heterocycles. The monoisotopic (exact) mass is 318 g/mol. The SMILES string of the molecule is CCc1ccc(S(=O)(=O)N/N=C/c2ccc(OC)cc2)cc1. The molecule has 1 N–H and O–H groups in total. The number of methoxy groups -OCH3 is 1. The molecule has 0 fully saturated rings. The average molecular weight is 318 g/mol. The fraction of sp³-hybridized carbons (Fsp3) is 0.188. The van der Waals surface area contributed by atoms with Crippen LogP contribution in [-0.4, -0.2) is 21.7 Å². The van der Waals surface area contributed by atoms with Crippen molar-refractivity contribution in [2.45, 2.75) is 18.2 Å². The van der Waals surface area contributed by atoms with Gasteiger partial charge in [-0.05, 0) is 53.9 Å².